The largest absolute Gasteiger partial charge is 0.393 e. The third-order valence-corrected chi connectivity index (χ3v) is 5.52. The minimum Gasteiger partial charge on any atom is -0.393 e. The van der Waals surface area contributed by atoms with Crippen LogP contribution < -0.4 is 11.1 Å². The van der Waals surface area contributed by atoms with E-state index < -0.39 is 0 Å². The summed E-state index contributed by atoms with van der Waals surface area (Å²) in [6, 6.07) is 3.97. The second-order valence-electron chi connectivity index (χ2n) is 6.35. The van der Waals surface area contributed by atoms with Crippen LogP contribution in [0, 0.1) is 19.8 Å². The number of aromatic nitrogens is 2. The van der Waals surface area contributed by atoms with Crippen LogP contribution in [-0.4, -0.2) is 27.1 Å². The molecule has 0 unspecified atom stereocenters. The maximum absolute atomic E-state index is 12.6. The topological polar surface area (TPSA) is 101 Å². The van der Waals surface area contributed by atoms with E-state index in [0.29, 0.717) is 0 Å². The summed E-state index contributed by atoms with van der Waals surface area (Å²) in [4.78, 5) is 22.0. The number of nitrogen functional groups attached to an aromatic ring is 1. The fourth-order valence-electron chi connectivity index (χ4n) is 3.20. The van der Waals surface area contributed by atoms with Gasteiger partial charge in [-0.3, -0.25) is 4.79 Å². The first-order valence-electron chi connectivity index (χ1n) is 8.04. The molecule has 1 aliphatic rings. The van der Waals surface area contributed by atoms with Crippen LogP contribution in [0.25, 0.3) is 0 Å². The van der Waals surface area contributed by atoms with Gasteiger partial charge in [-0.1, -0.05) is 6.07 Å². The molecule has 1 amide bonds. The number of anilines is 1. The molecular formula is C17H22N4O2S. The van der Waals surface area contributed by atoms with Crippen LogP contribution >= 0.6 is 11.3 Å². The van der Waals surface area contributed by atoms with Crippen molar-refractivity contribution in [2.24, 2.45) is 5.92 Å². The molecule has 0 bridgehead atoms. The highest BCUT2D eigenvalue weighted by Gasteiger charge is 2.36. The molecule has 4 N–H and O–H groups in total. The van der Waals surface area contributed by atoms with E-state index >= 15 is 0 Å². The van der Waals surface area contributed by atoms with E-state index in [1.165, 1.54) is 0 Å². The lowest BCUT2D eigenvalue weighted by Crippen LogP contribution is -2.41. The van der Waals surface area contributed by atoms with Crippen molar-refractivity contribution in [3.8, 4) is 0 Å². The van der Waals surface area contributed by atoms with Gasteiger partial charge >= 0.3 is 0 Å². The number of carbonyl (C=O) groups excluding carboxylic acids is 1. The molecule has 2 heterocycles. The Kier molecular flexibility index (Phi) is 4.82. The van der Waals surface area contributed by atoms with Crippen molar-refractivity contribution in [3.63, 3.8) is 0 Å². The Morgan fingerprint density at radius 1 is 1.42 bits per heavy atom. The summed E-state index contributed by atoms with van der Waals surface area (Å²) in [5.41, 5.74) is 7.93. The first-order chi connectivity index (χ1) is 11.4. The number of amides is 1. The normalized spacial score (nSPS) is 21.1. The molecule has 1 atom stereocenters. The fourth-order valence-corrected chi connectivity index (χ4v) is 4.07. The van der Waals surface area contributed by atoms with Gasteiger partial charge in [-0.15, -0.1) is 11.3 Å². The molecule has 128 valence electrons. The van der Waals surface area contributed by atoms with Gasteiger partial charge in [-0.2, -0.15) is 0 Å². The average Bonchev–Trinajstić information content (AvgIpc) is 2.99. The zero-order chi connectivity index (χ0) is 17.3. The number of nitrogens with two attached hydrogens (primary N) is 1. The molecule has 1 aliphatic carbocycles. The van der Waals surface area contributed by atoms with E-state index in [-0.39, 0.29) is 36.3 Å². The third-order valence-electron chi connectivity index (χ3n) is 4.56. The predicted octanol–water partition coefficient (Wildman–Crippen LogP) is 1.91. The van der Waals surface area contributed by atoms with Gasteiger partial charge in [-0.05, 0) is 44.1 Å². The van der Waals surface area contributed by atoms with Gasteiger partial charge in [0.25, 0.3) is 0 Å². The molecule has 0 spiro atoms. The van der Waals surface area contributed by atoms with Crippen molar-refractivity contribution in [1.29, 1.82) is 0 Å². The molecule has 0 radical (unpaired) electrons. The number of thiophene rings is 1. The van der Waals surface area contributed by atoms with Crippen LogP contribution in [-0.2, 0) is 11.2 Å². The summed E-state index contributed by atoms with van der Waals surface area (Å²) in [5, 5.41) is 14.7. The SMILES string of the molecule is Cc1nc(N)nc(C)c1CC(=O)N[C@@H](c1cccs1)C1CC(O)C1. The lowest BCUT2D eigenvalue weighted by Gasteiger charge is -2.37. The Morgan fingerprint density at radius 3 is 2.62 bits per heavy atom. The molecule has 0 aliphatic heterocycles. The van der Waals surface area contributed by atoms with Crippen LogP contribution in [0.15, 0.2) is 17.5 Å². The quantitative estimate of drug-likeness (QED) is 0.768. The number of rotatable bonds is 5. The van der Waals surface area contributed by atoms with Gasteiger partial charge in [0.05, 0.1) is 18.6 Å². The smallest absolute Gasteiger partial charge is 0.225 e. The van der Waals surface area contributed by atoms with Gasteiger partial charge < -0.3 is 16.2 Å². The number of aliphatic hydroxyl groups excluding tert-OH is 1. The molecule has 0 saturated heterocycles. The summed E-state index contributed by atoms with van der Waals surface area (Å²) in [6.07, 6.45) is 1.44. The van der Waals surface area contributed by atoms with Crippen molar-refractivity contribution in [2.75, 3.05) is 5.73 Å². The summed E-state index contributed by atoms with van der Waals surface area (Å²) in [5.74, 6) is 0.455. The zero-order valence-corrected chi connectivity index (χ0v) is 14.6. The number of carbonyl (C=O) groups is 1. The molecule has 0 aromatic carbocycles. The maximum Gasteiger partial charge on any atom is 0.225 e. The molecule has 24 heavy (non-hydrogen) atoms. The van der Waals surface area contributed by atoms with Crippen molar-refractivity contribution in [3.05, 3.63) is 39.3 Å². The van der Waals surface area contributed by atoms with E-state index in [2.05, 4.69) is 15.3 Å². The van der Waals surface area contributed by atoms with Gasteiger partial charge in [-0.25, -0.2) is 9.97 Å². The van der Waals surface area contributed by atoms with Gasteiger partial charge in [0.1, 0.15) is 0 Å². The van der Waals surface area contributed by atoms with E-state index in [9.17, 15) is 9.90 Å². The lowest BCUT2D eigenvalue weighted by atomic mass is 9.76. The Labute approximate surface area is 145 Å². The standard InChI is InChI=1S/C17H22N4O2S/c1-9-13(10(2)20-17(18)19-9)8-15(23)21-16(11-6-12(22)7-11)14-4-3-5-24-14/h3-5,11-12,16,22H,6-8H2,1-2H3,(H,21,23)(H2,18,19,20)/t11?,12?,16-/m1/s1. The van der Waals surface area contributed by atoms with E-state index in [4.69, 9.17) is 5.73 Å². The molecule has 3 rings (SSSR count). The summed E-state index contributed by atoms with van der Waals surface area (Å²) < 4.78 is 0. The third kappa shape index (κ3) is 3.57. The number of hydrogen-bond acceptors (Lipinski definition) is 6. The zero-order valence-electron chi connectivity index (χ0n) is 13.8. The van der Waals surface area contributed by atoms with E-state index in [1.807, 2.05) is 31.4 Å². The first kappa shape index (κ1) is 16.9. The lowest BCUT2D eigenvalue weighted by molar-refractivity contribution is -0.122. The summed E-state index contributed by atoms with van der Waals surface area (Å²) in [6.45, 7) is 3.68. The van der Waals surface area contributed by atoms with Crippen LogP contribution in [0.1, 0.15) is 40.7 Å². The second-order valence-corrected chi connectivity index (χ2v) is 7.33. The maximum atomic E-state index is 12.6. The Balaban J connectivity index is 1.72. The van der Waals surface area contributed by atoms with E-state index in [0.717, 1.165) is 34.7 Å². The Hall–Kier alpha value is -1.99. The Morgan fingerprint density at radius 2 is 2.08 bits per heavy atom. The highest BCUT2D eigenvalue weighted by molar-refractivity contribution is 7.10. The highest BCUT2D eigenvalue weighted by atomic mass is 32.1. The second kappa shape index (κ2) is 6.86. The Bertz CT molecular complexity index is 703. The number of hydrogen-bond donors (Lipinski definition) is 3. The van der Waals surface area contributed by atoms with Crippen LogP contribution in [0.2, 0.25) is 0 Å². The molecular weight excluding hydrogens is 324 g/mol. The van der Waals surface area contributed by atoms with Gasteiger partial charge in [0.15, 0.2) is 0 Å². The summed E-state index contributed by atoms with van der Waals surface area (Å²) >= 11 is 1.63. The number of nitrogens with one attached hydrogen (secondary N) is 1. The molecule has 1 saturated carbocycles. The van der Waals surface area contributed by atoms with Gasteiger partial charge in [0, 0.05) is 21.8 Å². The van der Waals surface area contributed by atoms with Crippen molar-refractivity contribution in [1.82, 2.24) is 15.3 Å². The van der Waals surface area contributed by atoms with Crippen molar-refractivity contribution >= 4 is 23.2 Å². The van der Waals surface area contributed by atoms with Crippen LogP contribution in [0.5, 0.6) is 0 Å². The monoisotopic (exact) mass is 346 g/mol. The highest BCUT2D eigenvalue weighted by Crippen LogP contribution is 2.39. The molecule has 6 nitrogen and oxygen atoms in total. The number of aliphatic hydroxyl groups is 1. The van der Waals surface area contributed by atoms with E-state index in [1.54, 1.807) is 11.3 Å². The predicted molar refractivity (Wildman–Crippen MR) is 93.6 cm³/mol. The first-order valence-corrected chi connectivity index (χ1v) is 8.92. The molecule has 2 aromatic heterocycles. The minimum atomic E-state index is -0.246. The van der Waals surface area contributed by atoms with Crippen molar-refractivity contribution in [2.45, 2.75) is 45.3 Å². The molecule has 2 aromatic rings. The molecule has 1 fully saturated rings. The van der Waals surface area contributed by atoms with Gasteiger partial charge in [0.2, 0.25) is 11.9 Å². The van der Waals surface area contributed by atoms with Crippen molar-refractivity contribution < 1.29 is 9.90 Å². The minimum absolute atomic E-state index is 0.0452. The van der Waals surface area contributed by atoms with Crippen LogP contribution in [0.4, 0.5) is 5.95 Å². The summed E-state index contributed by atoms with van der Waals surface area (Å²) in [7, 11) is 0. The van der Waals surface area contributed by atoms with Crippen LogP contribution in [0.3, 0.4) is 0 Å². The molecule has 7 heteroatoms. The number of aryl methyl sites for hydroxylation is 2. The average molecular weight is 346 g/mol. The fraction of sp³-hybridized carbons (Fsp3) is 0.471. The number of nitrogens with zero attached hydrogens (tertiary/aromatic N) is 2.